The van der Waals surface area contributed by atoms with Crippen LogP contribution < -0.4 is 5.32 Å². The molecular formula is C15H11Cl2N3O2S2. The van der Waals surface area contributed by atoms with Gasteiger partial charge < -0.3 is 4.42 Å². The number of carbonyl (C=O) groups excluding carboxylic acids is 1. The van der Waals surface area contributed by atoms with Crippen LogP contribution >= 0.6 is 46.3 Å². The summed E-state index contributed by atoms with van der Waals surface area (Å²) in [4.78, 5) is 13.0. The molecule has 1 N–H and O–H groups in total. The summed E-state index contributed by atoms with van der Waals surface area (Å²) in [6.07, 6.45) is 0.336. The van der Waals surface area contributed by atoms with Crippen LogP contribution in [0.2, 0.25) is 8.67 Å². The second-order valence-electron chi connectivity index (χ2n) is 4.61. The van der Waals surface area contributed by atoms with Crippen molar-refractivity contribution < 1.29 is 9.21 Å². The van der Waals surface area contributed by atoms with E-state index in [-0.39, 0.29) is 17.8 Å². The first-order chi connectivity index (χ1) is 11.6. The molecule has 0 radical (unpaired) electrons. The van der Waals surface area contributed by atoms with Gasteiger partial charge in [0.2, 0.25) is 5.91 Å². The number of aromatic nitrogens is 2. The van der Waals surface area contributed by atoms with E-state index < -0.39 is 0 Å². The van der Waals surface area contributed by atoms with Gasteiger partial charge in [-0.25, -0.2) is 0 Å². The summed E-state index contributed by atoms with van der Waals surface area (Å²) in [6, 6.07) is 11.6. The first kappa shape index (κ1) is 17.3. The number of thiophene rings is 1. The lowest BCUT2D eigenvalue weighted by Crippen LogP contribution is -2.12. The molecule has 0 saturated heterocycles. The molecule has 9 heteroatoms. The second-order valence-corrected chi connectivity index (χ2v) is 8.06. The van der Waals surface area contributed by atoms with E-state index in [9.17, 15) is 4.79 Å². The predicted molar refractivity (Wildman–Crippen MR) is 98.0 cm³/mol. The lowest BCUT2D eigenvalue weighted by Gasteiger charge is -2.01. The topological polar surface area (TPSA) is 68.0 Å². The zero-order chi connectivity index (χ0) is 16.9. The molecule has 124 valence electrons. The molecule has 3 aromatic rings. The smallest absolute Gasteiger partial charge is 0.322 e. The number of hydrogen-bond donors (Lipinski definition) is 1. The van der Waals surface area contributed by atoms with Gasteiger partial charge in [0.15, 0.2) is 0 Å². The fourth-order valence-electron chi connectivity index (χ4n) is 1.83. The van der Waals surface area contributed by atoms with Gasteiger partial charge in [-0.15, -0.1) is 28.2 Å². The predicted octanol–water partition coefficient (Wildman–Crippen LogP) is 5.23. The van der Waals surface area contributed by atoms with E-state index in [4.69, 9.17) is 27.6 Å². The lowest BCUT2D eigenvalue weighted by molar-refractivity contribution is -0.115. The molecule has 2 aromatic heterocycles. The molecule has 0 unspecified atom stereocenters. The van der Waals surface area contributed by atoms with Crippen molar-refractivity contribution in [3.05, 3.63) is 45.1 Å². The highest BCUT2D eigenvalue weighted by Gasteiger charge is 2.16. The van der Waals surface area contributed by atoms with E-state index in [0.29, 0.717) is 26.4 Å². The van der Waals surface area contributed by atoms with Crippen molar-refractivity contribution >= 4 is 58.2 Å². The number of halogens is 2. The summed E-state index contributed by atoms with van der Waals surface area (Å²) in [5.41, 5.74) is 0.555. The van der Waals surface area contributed by atoms with Crippen molar-refractivity contribution in [3.8, 4) is 11.5 Å². The maximum Gasteiger partial charge on any atom is 0.322 e. The Bertz CT molecular complexity index is 836. The summed E-state index contributed by atoms with van der Waals surface area (Å²) in [5, 5.41) is 10.2. The number of anilines is 1. The number of nitrogens with one attached hydrogen (secondary N) is 1. The maximum absolute atomic E-state index is 11.9. The summed E-state index contributed by atoms with van der Waals surface area (Å²) < 4.78 is 6.39. The van der Waals surface area contributed by atoms with E-state index in [1.807, 2.05) is 30.3 Å². The van der Waals surface area contributed by atoms with E-state index in [2.05, 4.69) is 15.5 Å². The van der Waals surface area contributed by atoms with Gasteiger partial charge >= 0.3 is 6.01 Å². The van der Waals surface area contributed by atoms with E-state index >= 15 is 0 Å². The van der Waals surface area contributed by atoms with Crippen LogP contribution in [0, 0.1) is 0 Å². The van der Waals surface area contributed by atoms with Crippen molar-refractivity contribution in [2.45, 2.75) is 11.3 Å². The molecule has 0 aliphatic heterocycles. The number of amides is 1. The molecular weight excluding hydrogens is 389 g/mol. The third-order valence-corrected chi connectivity index (χ3v) is 5.40. The Balaban J connectivity index is 1.53. The van der Waals surface area contributed by atoms with Gasteiger partial charge in [0, 0.05) is 17.1 Å². The normalized spacial score (nSPS) is 10.8. The third-order valence-electron chi connectivity index (χ3n) is 2.90. The SMILES string of the molecule is O=C(CCSc1ccccc1)Nc1nnc(-c2cc(Cl)sc2Cl)o1. The van der Waals surface area contributed by atoms with Gasteiger partial charge in [0.1, 0.15) is 4.34 Å². The van der Waals surface area contributed by atoms with Crippen LogP contribution in [0.3, 0.4) is 0 Å². The van der Waals surface area contributed by atoms with Crippen molar-refractivity contribution in [2.24, 2.45) is 0 Å². The molecule has 5 nitrogen and oxygen atoms in total. The number of benzene rings is 1. The zero-order valence-corrected chi connectivity index (χ0v) is 15.3. The van der Waals surface area contributed by atoms with Crippen molar-refractivity contribution in [3.63, 3.8) is 0 Å². The van der Waals surface area contributed by atoms with E-state index in [1.165, 1.54) is 11.3 Å². The minimum atomic E-state index is -0.192. The van der Waals surface area contributed by atoms with Crippen LogP contribution in [0.1, 0.15) is 6.42 Å². The van der Waals surface area contributed by atoms with Crippen LogP contribution in [0.4, 0.5) is 6.01 Å². The Hall–Kier alpha value is -1.54. The highest BCUT2D eigenvalue weighted by molar-refractivity contribution is 7.99. The molecule has 24 heavy (non-hydrogen) atoms. The van der Waals surface area contributed by atoms with Crippen LogP contribution in [0.15, 0.2) is 45.7 Å². The molecule has 2 heterocycles. The average molecular weight is 400 g/mol. The highest BCUT2D eigenvalue weighted by Crippen LogP contribution is 2.37. The minimum Gasteiger partial charge on any atom is -0.403 e. The Morgan fingerprint density at radius 3 is 2.75 bits per heavy atom. The minimum absolute atomic E-state index is 0.0399. The number of carbonyl (C=O) groups is 1. The second kappa shape index (κ2) is 8.02. The largest absolute Gasteiger partial charge is 0.403 e. The molecule has 0 spiro atoms. The molecule has 1 amide bonds. The molecule has 0 aliphatic rings. The average Bonchev–Trinajstić information content (AvgIpc) is 3.14. The Morgan fingerprint density at radius 2 is 2.04 bits per heavy atom. The Labute approximate surface area is 156 Å². The number of rotatable bonds is 6. The number of hydrogen-bond acceptors (Lipinski definition) is 6. The first-order valence-corrected chi connectivity index (χ1v) is 9.44. The molecule has 0 atom stereocenters. The highest BCUT2D eigenvalue weighted by atomic mass is 35.5. The monoisotopic (exact) mass is 399 g/mol. The molecule has 0 saturated carbocycles. The molecule has 0 aliphatic carbocycles. The summed E-state index contributed by atoms with van der Waals surface area (Å²) >= 11 is 14.7. The van der Waals surface area contributed by atoms with Gasteiger partial charge in [-0.3, -0.25) is 10.1 Å². The van der Waals surface area contributed by atoms with Gasteiger partial charge in [-0.05, 0) is 18.2 Å². The molecule has 0 bridgehead atoms. The summed E-state index contributed by atoms with van der Waals surface area (Å²) in [7, 11) is 0. The fourth-order valence-corrected chi connectivity index (χ4v) is 4.15. The van der Waals surface area contributed by atoms with Gasteiger partial charge in [-0.2, -0.15) is 0 Å². The van der Waals surface area contributed by atoms with Crippen molar-refractivity contribution in [1.29, 1.82) is 0 Å². The van der Waals surface area contributed by atoms with Gasteiger partial charge in [-0.1, -0.05) is 46.5 Å². The van der Waals surface area contributed by atoms with Crippen LogP contribution in [0.5, 0.6) is 0 Å². The van der Waals surface area contributed by atoms with Crippen LogP contribution in [-0.2, 0) is 4.79 Å². The summed E-state index contributed by atoms with van der Waals surface area (Å²) in [6.45, 7) is 0. The van der Waals surface area contributed by atoms with Crippen LogP contribution in [0.25, 0.3) is 11.5 Å². The quantitative estimate of drug-likeness (QED) is 0.574. The van der Waals surface area contributed by atoms with E-state index in [0.717, 1.165) is 4.90 Å². The molecule has 0 fully saturated rings. The number of thioether (sulfide) groups is 1. The van der Waals surface area contributed by atoms with Gasteiger partial charge in [0.25, 0.3) is 5.89 Å². The maximum atomic E-state index is 11.9. The van der Waals surface area contributed by atoms with Crippen molar-refractivity contribution in [2.75, 3.05) is 11.1 Å². The number of nitrogens with zero attached hydrogens (tertiary/aromatic N) is 2. The van der Waals surface area contributed by atoms with Crippen LogP contribution in [-0.4, -0.2) is 21.9 Å². The van der Waals surface area contributed by atoms with Crippen molar-refractivity contribution in [1.82, 2.24) is 10.2 Å². The standard InChI is InChI=1S/C15H11Cl2N3O2S2/c16-11-8-10(13(17)24-11)14-19-20-15(22-14)18-12(21)6-7-23-9-4-2-1-3-5-9/h1-5,8H,6-7H2,(H,18,20,21). The Kier molecular flexibility index (Phi) is 5.78. The van der Waals surface area contributed by atoms with Gasteiger partial charge in [0.05, 0.1) is 9.90 Å². The molecule has 3 rings (SSSR count). The fraction of sp³-hybridized carbons (Fsp3) is 0.133. The van der Waals surface area contributed by atoms with E-state index in [1.54, 1.807) is 17.8 Å². The lowest BCUT2D eigenvalue weighted by atomic mass is 10.3. The summed E-state index contributed by atoms with van der Waals surface area (Å²) in [5.74, 6) is 0.684. The first-order valence-electron chi connectivity index (χ1n) is 6.88. The Morgan fingerprint density at radius 1 is 1.25 bits per heavy atom. The zero-order valence-electron chi connectivity index (χ0n) is 12.2. The molecule has 1 aromatic carbocycles. The third kappa shape index (κ3) is 4.51.